The predicted molar refractivity (Wildman–Crippen MR) is 72.9 cm³/mol. The highest BCUT2D eigenvalue weighted by molar-refractivity contribution is 5.16. The second-order valence-corrected chi connectivity index (χ2v) is 4.96. The van der Waals surface area contributed by atoms with Crippen molar-refractivity contribution in [2.45, 2.75) is 37.5 Å². The first-order chi connectivity index (χ1) is 11.0. The lowest BCUT2D eigenvalue weighted by atomic mass is 10.0. The van der Waals surface area contributed by atoms with E-state index in [1.807, 2.05) is 0 Å². The SMILES string of the molecule is N#CCn1cc([C@@H]2O[C@H](CO)[C@@H](O)[C@H]2O)c(=O)n(CC#N)c1=O. The van der Waals surface area contributed by atoms with Gasteiger partial charge in [-0.15, -0.1) is 0 Å². The van der Waals surface area contributed by atoms with Crippen molar-refractivity contribution in [3.8, 4) is 12.1 Å². The zero-order valence-electron chi connectivity index (χ0n) is 11.9. The van der Waals surface area contributed by atoms with E-state index in [0.29, 0.717) is 4.57 Å². The quantitative estimate of drug-likeness (QED) is 0.536. The Morgan fingerprint density at radius 2 is 1.83 bits per heavy atom. The Labute approximate surface area is 129 Å². The summed E-state index contributed by atoms with van der Waals surface area (Å²) in [6, 6.07) is 3.41. The third-order valence-electron chi connectivity index (χ3n) is 3.58. The number of aliphatic hydroxyl groups excluding tert-OH is 3. The molecule has 1 aromatic heterocycles. The second-order valence-electron chi connectivity index (χ2n) is 4.96. The molecular formula is C13H14N4O6. The highest BCUT2D eigenvalue weighted by atomic mass is 16.6. The molecule has 0 bridgehead atoms. The van der Waals surface area contributed by atoms with Gasteiger partial charge in [0.15, 0.2) is 0 Å². The molecule has 0 radical (unpaired) electrons. The topological polar surface area (TPSA) is 162 Å². The summed E-state index contributed by atoms with van der Waals surface area (Å²) in [6.07, 6.45) is -4.23. The van der Waals surface area contributed by atoms with Crippen molar-refractivity contribution in [3.05, 3.63) is 32.6 Å². The van der Waals surface area contributed by atoms with Crippen LogP contribution in [0.25, 0.3) is 0 Å². The van der Waals surface area contributed by atoms with Crippen LogP contribution in [0.5, 0.6) is 0 Å². The number of hydrogen-bond acceptors (Lipinski definition) is 8. The molecule has 4 atom stereocenters. The Kier molecular flexibility index (Phi) is 4.93. The Morgan fingerprint density at radius 3 is 2.35 bits per heavy atom. The average molecular weight is 322 g/mol. The fourth-order valence-electron chi connectivity index (χ4n) is 2.43. The largest absolute Gasteiger partial charge is 0.394 e. The Hall–Kier alpha value is -2.50. The van der Waals surface area contributed by atoms with Crippen LogP contribution < -0.4 is 11.2 Å². The summed E-state index contributed by atoms with van der Waals surface area (Å²) in [7, 11) is 0. The number of ether oxygens (including phenoxy) is 1. The van der Waals surface area contributed by atoms with Crippen LogP contribution in [0.3, 0.4) is 0 Å². The summed E-state index contributed by atoms with van der Waals surface area (Å²) in [4.78, 5) is 24.4. The fraction of sp³-hybridized carbons (Fsp3) is 0.538. The summed E-state index contributed by atoms with van der Waals surface area (Å²) < 4.78 is 6.78. The lowest BCUT2D eigenvalue weighted by Gasteiger charge is -2.16. The summed E-state index contributed by atoms with van der Waals surface area (Å²) in [5.74, 6) is 0. The molecule has 23 heavy (non-hydrogen) atoms. The molecule has 2 heterocycles. The molecule has 10 nitrogen and oxygen atoms in total. The van der Waals surface area contributed by atoms with Gasteiger partial charge in [-0.1, -0.05) is 0 Å². The highest BCUT2D eigenvalue weighted by Gasteiger charge is 2.44. The second kappa shape index (κ2) is 6.73. The third-order valence-corrected chi connectivity index (χ3v) is 3.58. The first-order valence-corrected chi connectivity index (χ1v) is 6.66. The van der Waals surface area contributed by atoms with Gasteiger partial charge < -0.3 is 20.1 Å². The first-order valence-electron chi connectivity index (χ1n) is 6.66. The van der Waals surface area contributed by atoms with Crippen LogP contribution in [0.4, 0.5) is 0 Å². The molecule has 0 saturated carbocycles. The van der Waals surface area contributed by atoms with Crippen molar-refractivity contribution in [3.63, 3.8) is 0 Å². The number of rotatable bonds is 4. The molecule has 1 aromatic rings. The van der Waals surface area contributed by atoms with Crippen LogP contribution in [-0.4, -0.2) is 49.4 Å². The van der Waals surface area contributed by atoms with Crippen LogP contribution >= 0.6 is 0 Å². The Bertz CT molecular complexity index is 786. The smallest absolute Gasteiger partial charge is 0.332 e. The van der Waals surface area contributed by atoms with Gasteiger partial charge in [0.1, 0.15) is 37.5 Å². The van der Waals surface area contributed by atoms with Crippen molar-refractivity contribution in [2.24, 2.45) is 0 Å². The van der Waals surface area contributed by atoms with E-state index < -0.39 is 48.8 Å². The van der Waals surface area contributed by atoms with E-state index in [9.17, 15) is 19.8 Å². The normalized spacial score (nSPS) is 26.7. The van der Waals surface area contributed by atoms with Gasteiger partial charge in [-0.25, -0.2) is 9.36 Å². The minimum absolute atomic E-state index is 0.183. The van der Waals surface area contributed by atoms with E-state index in [2.05, 4.69) is 0 Å². The van der Waals surface area contributed by atoms with Gasteiger partial charge in [0, 0.05) is 6.20 Å². The summed E-state index contributed by atoms with van der Waals surface area (Å²) in [6.45, 7) is -1.48. The van der Waals surface area contributed by atoms with Gasteiger partial charge in [0.05, 0.1) is 24.3 Å². The van der Waals surface area contributed by atoms with Crippen molar-refractivity contribution < 1.29 is 20.1 Å². The molecule has 3 N–H and O–H groups in total. The number of aromatic nitrogens is 2. The van der Waals surface area contributed by atoms with Crippen molar-refractivity contribution >= 4 is 0 Å². The minimum Gasteiger partial charge on any atom is -0.394 e. The van der Waals surface area contributed by atoms with Gasteiger partial charge in [0.2, 0.25) is 0 Å². The van der Waals surface area contributed by atoms with Crippen molar-refractivity contribution in [2.75, 3.05) is 6.61 Å². The average Bonchev–Trinajstić information content (AvgIpc) is 2.82. The zero-order chi connectivity index (χ0) is 17.1. The van der Waals surface area contributed by atoms with Gasteiger partial charge in [0.25, 0.3) is 5.56 Å². The fourth-order valence-corrected chi connectivity index (χ4v) is 2.43. The molecular weight excluding hydrogens is 308 g/mol. The minimum atomic E-state index is -1.50. The molecule has 0 aromatic carbocycles. The molecule has 0 unspecified atom stereocenters. The number of aliphatic hydroxyl groups is 3. The molecule has 1 saturated heterocycles. The molecule has 0 aliphatic carbocycles. The van der Waals surface area contributed by atoms with Crippen LogP contribution in [0.15, 0.2) is 15.8 Å². The van der Waals surface area contributed by atoms with Crippen LogP contribution in [0.1, 0.15) is 11.7 Å². The van der Waals surface area contributed by atoms with E-state index >= 15 is 0 Å². The number of nitrogens with zero attached hydrogens (tertiary/aromatic N) is 4. The predicted octanol–water partition coefficient (Wildman–Crippen LogP) is -2.79. The monoisotopic (exact) mass is 322 g/mol. The van der Waals surface area contributed by atoms with E-state index in [4.69, 9.17) is 20.4 Å². The van der Waals surface area contributed by atoms with E-state index in [0.717, 1.165) is 10.8 Å². The van der Waals surface area contributed by atoms with Crippen LogP contribution in [-0.2, 0) is 17.8 Å². The molecule has 0 amide bonds. The van der Waals surface area contributed by atoms with Gasteiger partial charge in [-0.3, -0.25) is 9.36 Å². The maximum Gasteiger partial charge on any atom is 0.332 e. The van der Waals surface area contributed by atoms with Crippen molar-refractivity contribution in [1.29, 1.82) is 10.5 Å². The number of nitriles is 2. The Morgan fingerprint density at radius 1 is 1.17 bits per heavy atom. The standard InChI is InChI=1S/C13H14N4O6/c14-1-3-16-5-7(12(21)17(4-2-15)13(16)22)11-10(20)9(19)8(6-18)23-11/h5,8-11,18-20H,3-4,6H2/t8-,9-,10-,11+/m1/s1. The molecule has 1 aliphatic heterocycles. The van der Waals surface area contributed by atoms with Gasteiger partial charge in [-0.05, 0) is 0 Å². The lowest BCUT2D eigenvalue weighted by Crippen LogP contribution is -2.43. The molecule has 2 rings (SSSR count). The van der Waals surface area contributed by atoms with Crippen LogP contribution in [0, 0.1) is 22.7 Å². The van der Waals surface area contributed by atoms with E-state index in [1.165, 1.54) is 0 Å². The summed E-state index contributed by atoms with van der Waals surface area (Å²) in [5.41, 5.74) is -1.88. The molecule has 0 spiro atoms. The van der Waals surface area contributed by atoms with E-state index in [1.54, 1.807) is 12.1 Å². The maximum absolute atomic E-state index is 12.4. The maximum atomic E-state index is 12.4. The zero-order valence-corrected chi connectivity index (χ0v) is 11.9. The molecule has 122 valence electrons. The third kappa shape index (κ3) is 2.88. The van der Waals surface area contributed by atoms with Crippen molar-refractivity contribution in [1.82, 2.24) is 9.13 Å². The highest BCUT2D eigenvalue weighted by Crippen LogP contribution is 2.31. The van der Waals surface area contributed by atoms with E-state index in [-0.39, 0.29) is 12.1 Å². The lowest BCUT2D eigenvalue weighted by molar-refractivity contribution is -0.0234. The Balaban J connectivity index is 2.59. The molecule has 1 aliphatic rings. The van der Waals surface area contributed by atoms with Gasteiger partial charge in [-0.2, -0.15) is 10.5 Å². The first kappa shape index (κ1) is 16.9. The number of hydrogen-bond donors (Lipinski definition) is 3. The van der Waals surface area contributed by atoms with Crippen LogP contribution in [0.2, 0.25) is 0 Å². The van der Waals surface area contributed by atoms with Gasteiger partial charge >= 0.3 is 5.69 Å². The molecule has 10 heteroatoms. The summed E-state index contributed by atoms with van der Waals surface area (Å²) in [5, 5.41) is 46.3. The molecule has 1 fully saturated rings. The summed E-state index contributed by atoms with van der Waals surface area (Å²) >= 11 is 0.